The zero-order chi connectivity index (χ0) is 19.4. The zero-order valence-electron chi connectivity index (χ0n) is 14.7. The second-order valence-corrected chi connectivity index (χ2v) is 9.08. The number of fused-ring (bicyclic) bond motifs is 3. The van der Waals surface area contributed by atoms with Crippen LogP contribution in [0.4, 0.5) is 14.9 Å². The number of carbonyl (C=O) groups is 1. The third-order valence-electron chi connectivity index (χ3n) is 4.96. The van der Waals surface area contributed by atoms with Gasteiger partial charge >= 0.3 is 6.09 Å². The first-order valence-corrected chi connectivity index (χ1v) is 10.9. The third kappa shape index (κ3) is 2.70. The van der Waals surface area contributed by atoms with E-state index in [4.69, 9.17) is 4.74 Å². The van der Waals surface area contributed by atoms with Gasteiger partial charge in [0.25, 0.3) is 0 Å². The molecule has 0 spiro atoms. The average molecular weight is 495 g/mol. The topological polar surface area (TPSA) is 93.4 Å². The van der Waals surface area contributed by atoms with E-state index in [1.807, 2.05) is 18.2 Å². The fraction of sp³-hybridized carbons (Fsp3) is 0.278. The van der Waals surface area contributed by atoms with Crippen LogP contribution in [0.5, 0.6) is 0 Å². The number of ether oxygens (including phenoxy) is 1. The number of rotatable bonds is 3. The summed E-state index contributed by atoms with van der Waals surface area (Å²) in [5.41, 5.74) is 2.73. The van der Waals surface area contributed by atoms with Gasteiger partial charge < -0.3 is 9.84 Å². The smallest absolute Gasteiger partial charge is 0.415 e. The number of cyclic esters (lactones) is 1. The van der Waals surface area contributed by atoms with Crippen LogP contribution in [0.3, 0.4) is 0 Å². The van der Waals surface area contributed by atoms with Crippen LogP contribution >= 0.6 is 20.7 Å². The van der Waals surface area contributed by atoms with Crippen LogP contribution < -0.4 is 4.90 Å². The van der Waals surface area contributed by atoms with Crippen molar-refractivity contribution in [1.82, 2.24) is 20.2 Å². The molecule has 2 atom stereocenters. The number of hydrogen-bond acceptors (Lipinski definition) is 6. The van der Waals surface area contributed by atoms with Crippen LogP contribution in [-0.2, 0) is 18.2 Å². The van der Waals surface area contributed by atoms with Gasteiger partial charge in [-0.1, -0.05) is 26.8 Å². The van der Waals surface area contributed by atoms with Crippen molar-refractivity contribution < 1.29 is 19.0 Å². The summed E-state index contributed by atoms with van der Waals surface area (Å²) >= 11 is -0.477. The molecule has 5 rings (SSSR count). The van der Waals surface area contributed by atoms with E-state index in [9.17, 15) is 14.3 Å². The molecule has 10 heteroatoms. The first kappa shape index (κ1) is 17.6. The molecule has 3 aliphatic heterocycles. The number of hydrogen-bond donors (Lipinski definition) is 1. The summed E-state index contributed by atoms with van der Waals surface area (Å²) in [6.07, 6.45) is 3.12. The normalized spacial score (nSPS) is 23.0. The van der Waals surface area contributed by atoms with Gasteiger partial charge in [-0.25, -0.2) is 9.18 Å². The van der Waals surface area contributed by atoms with E-state index < -0.39 is 38.7 Å². The molecule has 8 nitrogen and oxygen atoms in total. The summed E-state index contributed by atoms with van der Waals surface area (Å²) in [5.74, 6) is 0.166. The number of tetrazole rings is 1. The fourth-order valence-electron chi connectivity index (χ4n) is 3.69. The van der Waals surface area contributed by atoms with Gasteiger partial charge in [0, 0.05) is 0 Å². The van der Waals surface area contributed by atoms with Crippen molar-refractivity contribution >= 4 is 45.7 Å². The Balaban J connectivity index is 1.48. The van der Waals surface area contributed by atoms with Crippen molar-refractivity contribution in [2.75, 3.05) is 11.5 Å². The molecule has 1 fully saturated rings. The minimum absolute atomic E-state index is 0.265. The molecule has 0 saturated carbocycles. The van der Waals surface area contributed by atoms with Crippen LogP contribution in [0.1, 0.15) is 17.0 Å². The molecule has 1 aromatic carbocycles. The van der Waals surface area contributed by atoms with Crippen molar-refractivity contribution in [2.24, 2.45) is 7.05 Å². The highest BCUT2D eigenvalue weighted by Gasteiger charge is 2.48. The van der Waals surface area contributed by atoms with Gasteiger partial charge in [0.1, 0.15) is 11.9 Å². The number of amides is 1. The fourth-order valence-corrected chi connectivity index (χ4v) is 5.81. The zero-order valence-corrected chi connectivity index (χ0v) is 16.9. The van der Waals surface area contributed by atoms with E-state index in [0.29, 0.717) is 12.2 Å². The summed E-state index contributed by atoms with van der Waals surface area (Å²) in [5, 5.41) is 21.5. The number of aliphatic hydroxyl groups is 1. The number of aliphatic hydroxyl groups excluding tert-OH is 1. The molecular weight excluding hydrogens is 480 g/mol. The van der Waals surface area contributed by atoms with Gasteiger partial charge in [-0.15, -0.1) is 10.2 Å². The van der Waals surface area contributed by atoms with E-state index in [-0.39, 0.29) is 18.3 Å². The molecule has 0 unspecified atom stereocenters. The minimum atomic E-state index is -0.626. The van der Waals surface area contributed by atoms with Gasteiger partial charge in [-0.2, -0.15) is 4.80 Å². The number of nitrogens with zero attached hydrogens (tertiary/aromatic N) is 5. The highest BCUT2D eigenvalue weighted by molar-refractivity contribution is 14.2. The quantitative estimate of drug-likeness (QED) is 0.654. The molecule has 2 aromatic rings. The molecule has 1 N–H and O–H groups in total. The number of allylic oxidation sites excluding steroid dienone is 3. The second-order valence-electron chi connectivity index (χ2n) is 6.67. The Labute approximate surface area is 169 Å². The Morgan fingerprint density at radius 2 is 2.25 bits per heavy atom. The Kier molecular flexibility index (Phi) is 4.12. The van der Waals surface area contributed by atoms with Crippen molar-refractivity contribution in [3.8, 4) is 0 Å². The molecule has 3 aliphatic rings. The summed E-state index contributed by atoms with van der Waals surface area (Å²) in [4.78, 5) is 14.8. The Bertz CT molecular complexity index is 1090. The Hall–Kier alpha value is -2.47. The lowest BCUT2D eigenvalue weighted by Gasteiger charge is -2.15. The summed E-state index contributed by atoms with van der Waals surface area (Å²) < 4.78 is 23.2. The van der Waals surface area contributed by atoms with Crippen molar-refractivity contribution in [3.05, 3.63) is 47.1 Å². The van der Waals surface area contributed by atoms with E-state index >= 15 is 0 Å². The number of aromatic nitrogens is 4. The summed E-state index contributed by atoms with van der Waals surface area (Å²) in [6, 6.07) is 3.01. The number of benzene rings is 1. The van der Waals surface area contributed by atoms with Crippen LogP contribution in [0.25, 0.3) is 9.15 Å². The number of halogens is 2. The number of carbonyl (C=O) groups excluding carboxylic acids is 1. The van der Waals surface area contributed by atoms with E-state index in [0.717, 1.165) is 20.3 Å². The maximum atomic E-state index is 14.9. The second kappa shape index (κ2) is 6.55. The predicted octanol–water partition coefficient (Wildman–Crippen LogP) is 1.80. The summed E-state index contributed by atoms with van der Waals surface area (Å²) in [6.45, 7) is -0.275. The largest absolute Gasteiger partial charge is 0.441 e. The van der Waals surface area contributed by atoms with Crippen molar-refractivity contribution in [1.29, 1.82) is 0 Å². The number of anilines is 1. The lowest BCUT2D eigenvalue weighted by atomic mass is 10.00. The molecule has 0 radical (unpaired) electrons. The molecule has 1 amide bonds. The SMILES string of the molecule is Cn1nnc(C2=CC=C(c3cc(F)c4c(c3)C[C@H]3[C@H](CO)OC(=O)N43)C=I2)n1. The molecule has 144 valence electrons. The predicted molar refractivity (Wildman–Crippen MR) is 109 cm³/mol. The standard InChI is InChI=1S/C18H15FIN5O3/c1-24-22-17(21-23-24)13-3-2-9(7-20-13)10-4-11-6-14-15(8-26)28-18(27)25(14)16(11)12(19)5-10/h2-5,7,14-15,26H,6,8H2,1H3/t14-,15-/m0/s1. The molecule has 0 aliphatic carbocycles. The monoisotopic (exact) mass is 495 g/mol. The van der Waals surface area contributed by atoms with Crippen molar-refractivity contribution in [2.45, 2.75) is 18.6 Å². The van der Waals surface area contributed by atoms with Crippen LogP contribution in [0.15, 0.2) is 24.3 Å². The summed E-state index contributed by atoms with van der Waals surface area (Å²) in [7, 11) is 1.72. The molecule has 1 saturated heterocycles. The molecular formula is C18H15FIN5O3. The maximum Gasteiger partial charge on any atom is 0.415 e. The average Bonchev–Trinajstić information content (AvgIpc) is 3.37. The maximum absolute atomic E-state index is 14.9. The van der Waals surface area contributed by atoms with Crippen molar-refractivity contribution in [3.63, 3.8) is 0 Å². The molecule has 4 heterocycles. The highest BCUT2D eigenvalue weighted by Crippen LogP contribution is 2.42. The lowest BCUT2D eigenvalue weighted by molar-refractivity contribution is 0.0830. The van der Waals surface area contributed by atoms with Crippen LogP contribution in [0, 0.1) is 5.82 Å². The molecule has 0 bridgehead atoms. The lowest BCUT2D eigenvalue weighted by Crippen LogP contribution is -2.35. The minimum Gasteiger partial charge on any atom is -0.441 e. The Morgan fingerprint density at radius 3 is 2.93 bits per heavy atom. The van der Waals surface area contributed by atoms with Gasteiger partial charge in [0.05, 0.1) is 29.0 Å². The number of aryl methyl sites for hydroxylation is 1. The van der Waals surface area contributed by atoms with Gasteiger partial charge in [0.2, 0.25) is 5.82 Å². The van der Waals surface area contributed by atoms with E-state index in [1.54, 1.807) is 7.05 Å². The van der Waals surface area contributed by atoms with Gasteiger partial charge in [0.15, 0.2) is 0 Å². The van der Waals surface area contributed by atoms with Crippen LogP contribution in [-0.4, -0.2) is 54.2 Å². The highest BCUT2D eigenvalue weighted by atomic mass is 127. The van der Waals surface area contributed by atoms with Crippen LogP contribution in [0.2, 0.25) is 0 Å². The molecule has 1 aromatic heterocycles. The van der Waals surface area contributed by atoms with E-state index in [1.165, 1.54) is 15.8 Å². The first-order valence-electron chi connectivity index (χ1n) is 8.61. The van der Waals surface area contributed by atoms with Gasteiger partial charge in [-0.3, -0.25) is 4.90 Å². The van der Waals surface area contributed by atoms with E-state index in [2.05, 4.69) is 19.4 Å². The Morgan fingerprint density at radius 1 is 1.39 bits per heavy atom. The van der Waals surface area contributed by atoms with Gasteiger partial charge in [-0.05, 0) is 50.6 Å². The first-order chi connectivity index (χ1) is 13.5. The molecule has 28 heavy (non-hydrogen) atoms. The third-order valence-corrected chi connectivity index (χ3v) is 7.45.